The highest BCUT2D eigenvalue weighted by Crippen LogP contribution is 2.33. The number of hydrogen-bond acceptors (Lipinski definition) is 5. The van der Waals surface area contributed by atoms with Gasteiger partial charge in [-0.05, 0) is 43.2 Å². The zero-order valence-corrected chi connectivity index (χ0v) is 17.9. The maximum atomic E-state index is 12.2. The van der Waals surface area contributed by atoms with Gasteiger partial charge in [-0.25, -0.2) is 0 Å². The number of thiocarbonyl (C=S) groups is 1. The molecule has 2 aromatic rings. The lowest BCUT2D eigenvalue weighted by atomic mass is 10.1. The molecule has 1 aliphatic rings. The van der Waals surface area contributed by atoms with E-state index in [0.717, 1.165) is 23.5 Å². The van der Waals surface area contributed by atoms with Crippen molar-refractivity contribution in [3.05, 3.63) is 64.1 Å². The Bertz CT molecular complexity index is 924. The van der Waals surface area contributed by atoms with Gasteiger partial charge in [0.2, 0.25) is 0 Å². The molecule has 4 nitrogen and oxygen atoms in total. The maximum Gasteiger partial charge on any atom is 0.265 e. The third-order valence-corrected chi connectivity index (χ3v) is 6.04. The van der Waals surface area contributed by atoms with Gasteiger partial charge in [0.15, 0.2) is 0 Å². The highest BCUT2D eigenvalue weighted by molar-refractivity contribution is 8.26. The van der Waals surface area contributed by atoms with Crippen LogP contribution in [-0.4, -0.2) is 35.4 Å². The minimum atomic E-state index is -0.0771. The van der Waals surface area contributed by atoms with Crippen molar-refractivity contribution in [2.45, 2.75) is 20.3 Å². The first-order valence-corrected chi connectivity index (χ1v) is 10.3. The second-order valence-electron chi connectivity index (χ2n) is 6.53. The molecule has 0 aliphatic carbocycles. The molecule has 3 rings (SSSR count). The lowest BCUT2D eigenvalue weighted by molar-refractivity contribution is -0.121. The third-order valence-electron chi connectivity index (χ3n) is 4.55. The van der Waals surface area contributed by atoms with Gasteiger partial charge in [-0.15, -0.1) is 0 Å². The summed E-state index contributed by atoms with van der Waals surface area (Å²) >= 11 is 6.49. The average molecular weight is 414 g/mol. The van der Waals surface area contributed by atoms with Crippen LogP contribution in [0.2, 0.25) is 0 Å². The van der Waals surface area contributed by atoms with Crippen LogP contribution in [0.5, 0.6) is 11.5 Å². The van der Waals surface area contributed by atoms with E-state index in [1.54, 1.807) is 7.05 Å². The van der Waals surface area contributed by atoms with Crippen LogP contribution in [0.1, 0.15) is 23.1 Å². The topological polar surface area (TPSA) is 38.8 Å². The zero-order chi connectivity index (χ0) is 20.1. The van der Waals surface area contributed by atoms with Gasteiger partial charge in [-0.2, -0.15) is 0 Å². The SMILES string of the molecule is Cc1cccc(OCCCOc2ccccc2C=C2SC(=S)N(C)C2=O)c1C. The van der Waals surface area contributed by atoms with E-state index in [1.807, 2.05) is 42.5 Å². The van der Waals surface area contributed by atoms with Gasteiger partial charge in [0.25, 0.3) is 5.91 Å². The average Bonchev–Trinajstić information content (AvgIpc) is 2.92. The minimum absolute atomic E-state index is 0.0771. The molecule has 1 saturated heterocycles. The summed E-state index contributed by atoms with van der Waals surface area (Å²) in [5.74, 6) is 1.59. The molecule has 0 saturated carbocycles. The zero-order valence-electron chi connectivity index (χ0n) is 16.2. The number of carbonyl (C=O) groups excluding carboxylic acids is 1. The number of ether oxygens (including phenoxy) is 2. The Hall–Kier alpha value is -2.31. The maximum absolute atomic E-state index is 12.2. The Morgan fingerprint density at radius 2 is 1.71 bits per heavy atom. The van der Waals surface area contributed by atoms with E-state index in [1.165, 1.54) is 27.8 Å². The molecule has 1 aliphatic heterocycles. The van der Waals surface area contributed by atoms with Crippen LogP contribution in [0.15, 0.2) is 47.4 Å². The van der Waals surface area contributed by atoms with Crippen LogP contribution in [0.4, 0.5) is 0 Å². The van der Waals surface area contributed by atoms with Crippen molar-refractivity contribution in [1.29, 1.82) is 0 Å². The summed E-state index contributed by atoms with van der Waals surface area (Å²) in [6.45, 7) is 5.26. The standard InChI is InChI=1S/C22H23NO3S2/c1-15-8-6-11-18(16(15)2)25-12-7-13-26-19-10-5-4-9-17(19)14-20-21(24)23(3)22(27)28-20/h4-6,8-11,14H,7,12-13H2,1-3H3. The first kappa shape index (κ1) is 20.4. The summed E-state index contributed by atoms with van der Waals surface area (Å²) in [7, 11) is 1.69. The molecule has 0 unspecified atom stereocenters. The number of likely N-dealkylation sites (N-methyl/N-ethyl adjacent to an activating group) is 1. The highest BCUT2D eigenvalue weighted by atomic mass is 32.2. The molecule has 2 aromatic carbocycles. The molecule has 28 heavy (non-hydrogen) atoms. The van der Waals surface area contributed by atoms with Crippen molar-refractivity contribution in [2.24, 2.45) is 0 Å². The Labute approximate surface area is 175 Å². The van der Waals surface area contributed by atoms with Gasteiger partial charge in [-0.3, -0.25) is 9.69 Å². The Balaban J connectivity index is 1.56. The van der Waals surface area contributed by atoms with Gasteiger partial charge >= 0.3 is 0 Å². The fraction of sp³-hybridized carbons (Fsp3) is 0.273. The van der Waals surface area contributed by atoms with Crippen LogP contribution in [0, 0.1) is 13.8 Å². The monoisotopic (exact) mass is 413 g/mol. The Kier molecular flexibility index (Phi) is 6.75. The smallest absolute Gasteiger partial charge is 0.265 e. The fourth-order valence-corrected chi connectivity index (χ4v) is 3.89. The number of aryl methyl sites for hydroxylation is 1. The van der Waals surface area contributed by atoms with Crippen molar-refractivity contribution in [3.63, 3.8) is 0 Å². The number of thioether (sulfide) groups is 1. The van der Waals surface area contributed by atoms with Crippen molar-refractivity contribution >= 4 is 40.3 Å². The normalized spacial score (nSPS) is 15.4. The van der Waals surface area contributed by atoms with Crippen molar-refractivity contribution in [1.82, 2.24) is 4.90 Å². The molecular formula is C22H23NO3S2. The number of benzene rings is 2. The van der Waals surface area contributed by atoms with Crippen molar-refractivity contribution in [3.8, 4) is 11.5 Å². The molecule has 0 radical (unpaired) electrons. The quantitative estimate of drug-likeness (QED) is 0.364. The molecule has 0 atom stereocenters. The summed E-state index contributed by atoms with van der Waals surface area (Å²) in [6.07, 6.45) is 2.60. The Morgan fingerprint density at radius 3 is 2.43 bits per heavy atom. The first-order valence-electron chi connectivity index (χ1n) is 9.10. The highest BCUT2D eigenvalue weighted by Gasteiger charge is 2.28. The van der Waals surface area contributed by atoms with Gasteiger partial charge in [0.1, 0.15) is 15.8 Å². The summed E-state index contributed by atoms with van der Waals surface area (Å²) in [4.78, 5) is 14.3. The molecule has 1 heterocycles. The van der Waals surface area contributed by atoms with E-state index in [2.05, 4.69) is 19.9 Å². The number of nitrogens with zero attached hydrogens (tertiary/aromatic N) is 1. The molecule has 1 amide bonds. The lowest BCUT2D eigenvalue weighted by Gasteiger charge is -2.12. The number of rotatable bonds is 7. The summed E-state index contributed by atoms with van der Waals surface area (Å²) < 4.78 is 12.4. The van der Waals surface area contributed by atoms with E-state index in [4.69, 9.17) is 21.7 Å². The Morgan fingerprint density at radius 1 is 1.04 bits per heavy atom. The van der Waals surface area contributed by atoms with E-state index in [0.29, 0.717) is 22.4 Å². The lowest BCUT2D eigenvalue weighted by Crippen LogP contribution is -2.22. The van der Waals surface area contributed by atoms with Crippen molar-refractivity contribution in [2.75, 3.05) is 20.3 Å². The summed E-state index contributed by atoms with van der Waals surface area (Å²) in [6, 6.07) is 13.8. The van der Waals surface area contributed by atoms with E-state index in [-0.39, 0.29) is 5.91 Å². The van der Waals surface area contributed by atoms with Gasteiger partial charge < -0.3 is 9.47 Å². The molecule has 0 bridgehead atoms. The van der Waals surface area contributed by atoms with Crippen LogP contribution in [0.3, 0.4) is 0 Å². The second kappa shape index (κ2) is 9.26. The minimum Gasteiger partial charge on any atom is -0.493 e. The molecule has 6 heteroatoms. The predicted octanol–water partition coefficient (Wildman–Crippen LogP) is 4.98. The van der Waals surface area contributed by atoms with E-state index < -0.39 is 0 Å². The largest absolute Gasteiger partial charge is 0.493 e. The van der Waals surface area contributed by atoms with Gasteiger partial charge in [0.05, 0.1) is 18.1 Å². The molecule has 0 aromatic heterocycles. The molecule has 0 spiro atoms. The first-order chi connectivity index (χ1) is 13.5. The van der Waals surface area contributed by atoms with Crippen LogP contribution in [-0.2, 0) is 4.79 Å². The van der Waals surface area contributed by atoms with Gasteiger partial charge in [-0.1, -0.05) is 54.3 Å². The second-order valence-corrected chi connectivity index (χ2v) is 8.20. The predicted molar refractivity (Wildman–Crippen MR) is 119 cm³/mol. The van der Waals surface area contributed by atoms with Crippen LogP contribution in [0.25, 0.3) is 6.08 Å². The summed E-state index contributed by atoms with van der Waals surface area (Å²) in [5.41, 5.74) is 3.26. The van der Waals surface area contributed by atoms with Crippen molar-refractivity contribution < 1.29 is 14.3 Å². The molecule has 0 N–H and O–H groups in total. The molecule has 146 valence electrons. The van der Waals surface area contributed by atoms with Crippen LogP contribution < -0.4 is 9.47 Å². The fourth-order valence-electron chi connectivity index (χ4n) is 2.72. The van der Waals surface area contributed by atoms with E-state index in [9.17, 15) is 4.79 Å². The number of carbonyl (C=O) groups is 1. The van der Waals surface area contributed by atoms with Crippen LogP contribution >= 0.6 is 24.0 Å². The number of hydrogen-bond donors (Lipinski definition) is 0. The summed E-state index contributed by atoms with van der Waals surface area (Å²) in [5, 5.41) is 0. The van der Waals surface area contributed by atoms with Gasteiger partial charge in [0, 0.05) is 19.0 Å². The molecular weight excluding hydrogens is 390 g/mol. The number of para-hydroxylation sites is 1. The number of amides is 1. The molecule has 1 fully saturated rings. The third kappa shape index (κ3) is 4.75. The van der Waals surface area contributed by atoms with E-state index >= 15 is 0 Å².